The first-order chi connectivity index (χ1) is 13.7. The number of hydrogen-bond acceptors (Lipinski definition) is 5. The Morgan fingerprint density at radius 3 is 3.00 bits per heavy atom. The fourth-order valence-electron chi connectivity index (χ4n) is 3.62. The predicted octanol–water partition coefficient (Wildman–Crippen LogP) is 3.92. The van der Waals surface area contributed by atoms with Gasteiger partial charge in [-0.2, -0.15) is 11.8 Å². The Labute approximate surface area is 173 Å². The van der Waals surface area contributed by atoms with Crippen molar-refractivity contribution in [2.45, 2.75) is 36.6 Å². The number of rotatable bonds is 8. The van der Waals surface area contributed by atoms with Gasteiger partial charge in [-0.3, -0.25) is 9.20 Å². The Balaban J connectivity index is 1.42. The number of aryl methyl sites for hydroxylation is 2. The standard InChI is InChI=1S/C21H24N4OS2/c1-27-12-10-18(21-24-23-19-7-2-3-11-25(19)21)22-20(26)14-28-17-9-8-15-5-4-6-16(15)13-17/h2-3,7-9,11,13,18H,4-6,10,12,14H2,1H3,(H,22,26). The zero-order valence-corrected chi connectivity index (χ0v) is 17.6. The van der Waals surface area contributed by atoms with E-state index in [2.05, 4.69) is 40.0 Å². The van der Waals surface area contributed by atoms with E-state index in [0.29, 0.717) is 5.75 Å². The lowest BCUT2D eigenvalue weighted by Gasteiger charge is -2.17. The lowest BCUT2D eigenvalue weighted by molar-refractivity contribution is -0.119. The van der Waals surface area contributed by atoms with E-state index in [4.69, 9.17) is 0 Å². The smallest absolute Gasteiger partial charge is 0.230 e. The molecule has 0 saturated carbocycles. The van der Waals surface area contributed by atoms with Crippen molar-refractivity contribution in [3.63, 3.8) is 0 Å². The summed E-state index contributed by atoms with van der Waals surface area (Å²) in [4.78, 5) is 13.8. The second-order valence-corrected chi connectivity index (χ2v) is 9.00. The van der Waals surface area contributed by atoms with Crippen LogP contribution in [0.2, 0.25) is 0 Å². The van der Waals surface area contributed by atoms with Crippen molar-refractivity contribution in [1.29, 1.82) is 0 Å². The van der Waals surface area contributed by atoms with E-state index >= 15 is 0 Å². The third-order valence-electron chi connectivity index (χ3n) is 5.04. The van der Waals surface area contributed by atoms with Crippen molar-refractivity contribution in [1.82, 2.24) is 19.9 Å². The van der Waals surface area contributed by atoms with Crippen molar-refractivity contribution < 1.29 is 4.79 Å². The minimum Gasteiger partial charge on any atom is -0.345 e. The maximum Gasteiger partial charge on any atom is 0.230 e. The average Bonchev–Trinajstić information content (AvgIpc) is 3.36. The third-order valence-corrected chi connectivity index (χ3v) is 6.68. The van der Waals surface area contributed by atoms with Crippen molar-refractivity contribution in [3.8, 4) is 0 Å². The fraction of sp³-hybridized carbons (Fsp3) is 0.381. The number of aromatic nitrogens is 3. The van der Waals surface area contributed by atoms with E-state index in [1.807, 2.05) is 28.8 Å². The number of thioether (sulfide) groups is 2. The predicted molar refractivity (Wildman–Crippen MR) is 116 cm³/mol. The maximum absolute atomic E-state index is 12.7. The van der Waals surface area contributed by atoms with E-state index < -0.39 is 0 Å². The zero-order valence-electron chi connectivity index (χ0n) is 15.9. The van der Waals surface area contributed by atoms with Gasteiger partial charge in [0.05, 0.1) is 11.8 Å². The van der Waals surface area contributed by atoms with Crippen molar-refractivity contribution in [3.05, 3.63) is 59.5 Å². The van der Waals surface area contributed by atoms with Crippen LogP contribution in [0.4, 0.5) is 0 Å². The molecule has 146 valence electrons. The molecular formula is C21H24N4OS2. The van der Waals surface area contributed by atoms with Crippen LogP contribution < -0.4 is 5.32 Å². The summed E-state index contributed by atoms with van der Waals surface area (Å²) in [6.07, 6.45) is 8.43. The van der Waals surface area contributed by atoms with Crippen molar-refractivity contribution >= 4 is 35.1 Å². The van der Waals surface area contributed by atoms with Crippen LogP contribution in [0.3, 0.4) is 0 Å². The third kappa shape index (κ3) is 4.36. The van der Waals surface area contributed by atoms with Gasteiger partial charge < -0.3 is 5.32 Å². The molecule has 2 heterocycles. The first-order valence-electron chi connectivity index (χ1n) is 9.57. The van der Waals surface area contributed by atoms with Crippen LogP contribution in [-0.2, 0) is 17.6 Å². The number of fused-ring (bicyclic) bond motifs is 2. The highest BCUT2D eigenvalue weighted by Gasteiger charge is 2.20. The topological polar surface area (TPSA) is 59.3 Å². The van der Waals surface area contributed by atoms with E-state index in [-0.39, 0.29) is 11.9 Å². The van der Waals surface area contributed by atoms with Gasteiger partial charge in [0.2, 0.25) is 5.91 Å². The van der Waals surface area contributed by atoms with Crippen LogP contribution in [0.1, 0.15) is 35.8 Å². The number of carbonyl (C=O) groups excluding carboxylic acids is 1. The molecule has 0 saturated heterocycles. The molecular weight excluding hydrogens is 388 g/mol. The first kappa shape index (κ1) is 19.3. The number of nitrogens with zero attached hydrogens (tertiary/aromatic N) is 3. The summed E-state index contributed by atoms with van der Waals surface area (Å²) in [5.74, 6) is 2.18. The number of nitrogens with one attached hydrogen (secondary N) is 1. The molecule has 1 N–H and O–H groups in total. The van der Waals surface area contributed by atoms with Crippen molar-refractivity contribution in [2.75, 3.05) is 17.8 Å². The highest BCUT2D eigenvalue weighted by molar-refractivity contribution is 8.00. The van der Waals surface area contributed by atoms with Gasteiger partial charge in [-0.05, 0) is 73.1 Å². The summed E-state index contributed by atoms with van der Waals surface area (Å²) < 4.78 is 1.96. The highest BCUT2D eigenvalue weighted by atomic mass is 32.2. The summed E-state index contributed by atoms with van der Waals surface area (Å²) in [5.41, 5.74) is 3.70. The molecule has 0 spiro atoms. The van der Waals surface area contributed by atoms with Gasteiger partial charge in [-0.15, -0.1) is 22.0 Å². The maximum atomic E-state index is 12.7. The molecule has 2 aromatic heterocycles. The lowest BCUT2D eigenvalue weighted by Crippen LogP contribution is -2.31. The number of amides is 1. The molecule has 1 atom stereocenters. The van der Waals surface area contributed by atoms with E-state index in [1.165, 1.54) is 28.9 Å². The van der Waals surface area contributed by atoms with Gasteiger partial charge in [0, 0.05) is 11.1 Å². The van der Waals surface area contributed by atoms with Crippen LogP contribution >= 0.6 is 23.5 Å². The van der Waals surface area contributed by atoms with E-state index in [9.17, 15) is 4.79 Å². The fourth-order valence-corrected chi connectivity index (χ4v) is 4.86. The quantitative estimate of drug-likeness (QED) is 0.568. The molecule has 1 amide bonds. The number of hydrogen-bond donors (Lipinski definition) is 1. The number of pyridine rings is 1. The second kappa shape index (κ2) is 9.01. The van der Waals surface area contributed by atoms with Crippen LogP contribution in [0, 0.1) is 0 Å². The molecule has 3 aromatic rings. The van der Waals surface area contributed by atoms with Gasteiger partial charge >= 0.3 is 0 Å². The Morgan fingerprint density at radius 1 is 1.21 bits per heavy atom. The van der Waals surface area contributed by atoms with E-state index in [1.54, 1.807) is 23.5 Å². The molecule has 7 heteroatoms. The molecule has 1 aliphatic rings. The molecule has 0 radical (unpaired) electrons. The van der Waals surface area contributed by atoms with Gasteiger partial charge in [-0.1, -0.05) is 12.1 Å². The Morgan fingerprint density at radius 2 is 2.11 bits per heavy atom. The minimum atomic E-state index is -0.141. The Bertz CT molecular complexity index is 972. The summed E-state index contributed by atoms with van der Waals surface area (Å²) in [6.45, 7) is 0. The first-order valence-corrected chi connectivity index (χ1v) is 11.9. The largest absolute Gasteiger partial charge is 0.345 e. The monoisotopic (exact) mass is 412 g/mol. The Kier molecular flexibility index (Phi) is 6.22. The summed E-state index contributed by atoms with van der Waals surface area (Å²) >= 11 is 3.37. The molecule has 5 nitrogen and oxygen atoms in total. The van der Waals surface area contributed by atoms with Gasteiger partial charge in [0.1, 0.15) is 0 Å². The van der Waals surface area contributed by atoms with Gasteiger partial charge in [0.25, 0.3) is 0 Å². The van der Waals surface area contributed by atoms with Crippen LogP contribution in [0.5, 0.6) is 0 Å². The number of benzene rings is 1. The van der Waals surface area contributed by atoms with Crippen LogP contribution in [0.25, 0.3) is 5.65 Å². The van der Waals surface area contributed by atoms with Crippen LogP contribution in [0.15, 0.2) is 47.5 Å². The summed E-state index contributed by atoms with van der Waals surface area (Å²) in [5, 5.41) is 11.7. The van der Waals surface area contributed by atoms with Gasteiger partial charge in [-0.25, -0.2) is 0 Å². The molecule has 0 aliphatic heterocycles. The second-order valence-electron chi connectivity index (χ2n) is 6.96. The normalized spacial score (nSPS) is 14.2. The lowest BCUT2D eigenvalue weighted by atomic mass is 10.1. The van der Waals surface area contributed by atoms with Crippen LogP contribution in [-0.4, -0.2) is 38.3 Å². The molecule has 1 aliphatic carbocycles. The van der Waals surface area contributed by atoms with Gasteiger partial charge in [0.15, 0.2) is 11.5 Å². The van der Waals surface area contributed by atoms with Crippen molar-refractivity contribution in [2.24, 2.45) is 0 Å². The zero-order chi connectivity index (χ0) is 19.3. The molecule has 0 bridgehead atoms. The molecule has 1 unspecified atom stereocenters. The molecule has 4 rings (SSSR count). The highest BCUT2D eigenvalue weighted by Crippen LogP contribution is 2.27. The average molecular weight is 413 g/mol. The molecule has 1 aromatic carbocycles. The number of carbonyl (C=O) groups is 1. The SMILES string of the molecule is CSCCC(NC(=O)CSc1ccc2c(c1)CCC2)c1nnc2ccccn12. The Hall–Kier alpha value is -1.99. The summed E-state index contributed by atoms with van der Waals surface area (Å²) in [7, 11) is 0. The minimum absolute atomic E-state index is 0.0317. The summed E-state index contributed by atoms with van der Waals surface area (Å²) in [6, 6.07) is 12.3. The molecule has 28 heavy (non-hydrogen) atoms. The van der Waals surface area contributed by atoms with E-state index in [0.717, 1.165) is 30.1 Å². The molecule has 0 fully saturated rings.